The van der Waals surface area contributed by atoms with Gasteiger partial charge in [0.15, 0.2) is 16.6 Å². The van der Waals surface area contributed by atoms with Crippen LogP contribution < -0.4 is 0 Å². The molecular formula is C26H48O2Si2. The fourth-order valence-corrected chi connectivity index (χ4v) is 11.7. The van der Waals surface area contributed by atoms with E-state index >= 15 is 0 Å². The fraction of sp³-hybridized carbons (Fsp3) is 1.00. The van der Waals surface area contributed by atoms with Crippen molar-refractivity contribution in [2.75, 3.05) is 0 Å². The lowest BCUT2D eigenvalue weighted by atomic mass is 9.33. The van der Waals surface area contributed by atoms with Crippen molar-refractivity contribution in [1.82, 2.24) is 0 Å². The van der Waals surface area contributed by atoms with Gasteiger partial charge in [0.25, 0.3) is 0 Å². The van der Waals surface area contributed by atoms with Crippen LogP contribution in [-0.4, -0.2) is 27.8 Å². The van der Waals surface area contributed by atoms with Gasteiger partial charge < -0.3 is 8.85 Å². The molecule has 0 amide bonds. The van der Waals surface area contributed by atoms with Crippen LogP contribution in [-0.2, 0) is 8.85 Å². The number of hydrogen-bond acceptors (Lipinski definition) is 2. The van der Waals surface area contributed by atoms with E-state index in [4.69, 9.17) is 8.85 Å². The monoisotopic (exact) mass is 448 g/mol. The smallest absolute Gasteiger partial charge is 0.192 e. The third-order valence-corrected chi connectivity index (χ3v) is 20.6. The molecule has 0 aromatic heterocycles. The highest BCUT2D eigenvalue weighted by molar-refractivity contribution is 6.74. The van der Waals surface area contributed by atoms with Crippen LogP contribution in [0.1, 0.15) is 80.1 Å². The van der Waals surface area contributed by atoms with Crippen LogP contribution >= 0.6 is 0 Å². The molecule has 4 heteroatoms. The molecule has 7 fully saturated rings. The van der Waals surface area contributed by atoms with E-state index in [1.807, 2.05) is 0 Å². The first-order chi connectivity index (χ1) is 13.5. The third-order valence-electron chi connectivity index (χ3n) is 11.5. The zero-order valence-electron chi connectivity index (χ0n) is 21.5. The molecule has 7 saturated carbocycles. The second kappa shape index (κ2) is 6.07. The summed E-state index contributed by atoms with van der Waals surface area (Å²) in [6.45, 7) is 24.5. The van der Waals surface area contributed by atoms with Crippen LogP contribution in [0.25, 0.3) is 0 Å². The fourth-order valence-electron chi connectivity index (χ4n) is 8.45. The van der Waals surface area contributed by atoms with E-state index in [-0.39, 0.29) is 11.2 Å². The van der Waals surface area contributed by atoms with Crippen LogP contribution in [0.4, 0.5) is 0 Å². The first kappa shape index (κ1) is 22.2. The molecule has 0 radical (unpaired) electrons. The van der Waals surface area contributed by atoms with E-state index in [1.54, 1.807) is 0 Å². The molecule has 7 rings (SSSR count). The summed E-state index contributed by atoms with van der Waals surface area (Å²) in [5.41, 5.74) is 0.358. The van der Waals surface area contributed by atoms with Gasteiger partial charge in [-0.2, -0.15) is 0 Å². The molecule has 7 aliphatic rings. The summed E-state index contributed by atoms with van der Waals surface area (Å²) >= 11 is 0. The summed E-state index contributed by atoms with van der Waals surface area (Å²) in [4.78, 5) is 0. The van der Waals surface area contributed by atoms with Crippen LogP contribution in [0.5, 0.6) is 0 Å². The molecule has 4 atom stereocenters. The van der Waals surface area contributed by atoms with E-state index < -0.39 is 16.6 Å². The Labute approximate surface area is 188 Å². The van der Waals surface area contributed by atoms with Crippen molar-refractivity contribution >= 4 is 16.6 Å². The Morgan fingerprint density at radius 1 is 0.633 bits per heavy atom. The first-order valence-corrected chi connectivity index (χ1v) is 18.7. The van der Waals surface area contributed by atoms with Gasteiger partial charge in [-0.15, -0.1) is 0 Å². The van der Waals surface area contributed by atoms with Crippen molar-refractivity contribution in [3.8, 4) is 0 Å². The Bertz CT molecular complexity index is 704. The van der Waals surface area contributed by atoms with Crippen molar-refractivity contribution in [3.63, 3.8) is 0 Å². The molecule has 0 heterocycles. The highest BCUT2D eigenvalue weighted by Gasteiger charge is 2.75. The van der Waals surface area contributed by atoms with Crippen molar-refractivity contribution in [2.45, 2.75) is 128 Å². The minimum atomic E-state index is -1.80. The molecule has 172 valence electrons. The molecular weight excluding hydrogens is 400 g/mol. The first-order valence-electron chi connectivity index (χ1n) is 12.9. The van der Waals surface area contributed by atoms with Crippen molar-refractivity contribution < 1.29 is 8.85 Å². The second-order valence-electron chi connectivity index (χ2n) is 15.2. The lowest BCUT2D eigenvalue weighted by Gasteiger charge is -2.77. The molecule has 4 unspecified atom stereocenters. The molecule has 0 aromatic carbocycles. The quantitative estimate of drug-likeness (QED) is 0.412. The summed E-state index contributed by atoms with van der Waals surface area (Å²) in [5, 5.41) is 0.589. The predicted molar refractivity (Wildman–Crippen MR) is 131 cm³/mol. The molecule has 0 aliphatic heterocycles. The Balaban J connectivity index is 1.52. The van der Waals surface area contributed by atoms with E-state index in [0.717, 1.165) is 35.5 Å². The Morgan fingerprint density at radius 2 is 1.10 bits per heavy atom. The maximum absolute atomic E-state index is 7.58. The highest BCUT2D eigenvalue weighted by atomic mass is 28.4. The van der Waals surface area contributed by atoms with E-state index in [0.29, 0.717) is 10.1 Å². The predicted octanol–water partition coefficient (Wildman–Crippen LogP) is 7.61. The zero-order chi connectivity index (χ0) is 22.1. The van der Waals surface area contributed by atoms with Crippen molar-refractivity contribution in [1.29, 1.82) is 0 Å². The van der Waals surface area contributed by atoms with Gasteiger partial charge in [-0.05, 0) is 110 Å². The Kier molecular flexibility index (Phi) is 4.48. The van der Waals surface area contributed by atoms with Gasteiger partial charge >= 0.3 is 0 Å². The molecule has 0 saturated heterocycles. The van der Waals surface area contributed by atoms with Gasteiger partial charge in [0.1, 0.15) is 0 Å². The summed E-state index contributed by atoms with van der Waals surface area (Å²) in [6.07, 6.45) is 8.32. The molecule has 2 nitrogen and oxygen atoms in total. The third kappa shape index (κ3) is 2.85. The lowest BCUT2D eigenvalue weighted by molar-refractivity contribution is -0.311. The normalized spacial score (nSPS) is 47.4. The zero-order valence-corrected chi connectivity index (χ0v) is 23.5. The summed E-state index contributed by atoms with van der Waals surface area (Å²) in [7, 11) is -3.57. The maximum atomic E-state index is 7.58. The minimum absolute atomic E-state index is 0.167. The van der Waals surface area contributed by atoms with Gasteiger partial charge in [-0.25, -0.2) is 0 Å². The van der Waals surface area contributed by atoms with Gasteiger partial charge in [-0.1, -0.05) is 41.5 Å². The largest absolute Gasteiger partial charge is 0.411 e. The maximum Gasteiger partial charge on any atom is 0.192 e. The second-order valence-corrected chi connectivity index (χ2v) is 24.7. The molecule has 0 aromatic rings. The summed E-state index contributed by atoms with van der Waals surface area (Å²) in [5.74, 6) is 5.27. The van der Waals surface area contributed by atoms with Crippen LogP contribution in [0, 0.1) is 35.5 Å². The van der Waals surface area contributed by atoms with E-state index in [1.165, 1.54) is 38.5 Å². The summed E-state index contributed by atoms with van der Waals surface area (Å²) in [6, 6.07) is 0. The van der Waals surface area contributed by atoms with Crippen molar-refractivity contribution in [3.05, 3.63) is 0 Å². The number of hydrogen-bond donors (Lipinski definition) is 0. The molecule has 30 heavy (non-hydrogen) atoms. The van der Waals surface area contributed by atoms with E-state index in [9.17, 15) is 0 Å². The van der Waals surface area contributed by atoms with Gasteiger partial charge in [0.05, 0.1) is 11.2 Å². The Morgan fingerprint density at radius 3 is 1.57 bits per heavy atom. The summed E-state index contributed by atoms with van der Waals surface area (Å²) < 4.78 is 14.9. The van der Waals surface area contributed by atoms with Crippen LogP contribution in [0.3, 0.4) is 0 Å². The van der Waals surface area contributed by atoms with Gasteiger partial charge in [0.2, 0.25) is 0 Å². The average molecular weight is 449 g/mol. The highest BCUT2D eigenvalue weighted by Crippen LogP contribution is 2.76. The lowest BCUT2D eigenvalue weighted by Crippen LogP contribution is -2.78. The SMILES string of the molecule is CC(C)(C)[Si](C)(C)OC12CC3C4CC5CC3C(C1)C(O[Si](C)(C)C(C)(C)C)(C5)C4C2. The Hall–Kier alpha value is 0.354. The van der Waals surface area contributed by atoms with E-state index in [2.05, 4.69) is 67.7 Å². The van der Waals surface area contributed by atoms with Gasteiger partial charge in [-0.3, -0.25) is 0 Å². The number of rotatable bonds is 4. The molecule has 7 aliphatic carbocycles. The topological polar surface area (TPSA) is 18.5 Å². The van der Waals surface area contributed by atoms with Gasteiger partial charge in [0, 0.05) is 0 Å². The minimum Gasteiger partial charge on any atom is -0.411 e. The standard InChI is InChI=1S/C26H48O2Si2/c1-23(2,3)29(7,8)27-25-14-20-18-11-17-12-19(20)22(16-25)26(13-17,21(18)15-25)28-30(9,10)24(4,5)6/h17-22H,11-16H2,1-10H3. The van der Waals surface area contributed by atoms with Crippen LogP contribution in [0.2, 0.25) is 36.3 Å². The van der Waals surface area contributed by atoms with Crippen LogP contribution in [0.15, 0.2) is 0 Å². The molecule has 0 spiro atoms. The average Bonchev–Trinajstić information content (AvgIpc) is 2.55. The van der Waals surface area contributed by atoms with Crippen molar-refractivity contribution in [2.24, 2.45) is 35.5 Å². The molecule has 8 bridgehead atoms. The molecule has 0 N–H and O–H groups in total.